The molecule has 1 fully saturated rings. The monoisotopic (exact) mass is 540 g/mol. The summed E-state index contributed by atoms with van der Waals surface area (Å²) in [5, 5.41) is 24.9. The second-order valence-corrected chi connectivity index (χ2v) is 8.92. The van der Waals surface area contributed by atoms with Crippen molar-refractivity contribution in [3.63, 3.8) is 0 Å². The van der Waals surface area contributed by atoms with Gasteiger partial charge in [0.2, 0.25) is 0 Å². The zero-order valence-corrected chi connectivity index (χ0v) is 20.8. The van der Waals surface area contributed by atoms with Crippen molar-refractivity contribution in [1.82, 2.24) is 10.6 Å². The van der Waals surface area contributed by atoms with Gasteiger partial charge in [0.1, 0.15) is 12.1 Å². The molecule has 0 spiro atoms. The van der Waals surface area contributed by atoms with Crippen LogP contribution in [0.1, 0.15) is 52.8 Å². The van der Waals surface area contributed by atoms with E-state index in [0.29, 0.717) is 19.3 Å². The smallest absolute Gasteiger partial charge is 0.345 e. The van der Waals surface area contributed by atoms with E-state index in [0.717, 1.165) is 0 Å². The molecule has 2 aromatic rings. The molecule has 39 heavy (non-hydrogen) atoms. The maximum atomic E-state index is 12.3. The number of benzene rings is 2. The first kappa shape index (κ1) is 29.1. The van der Waals surface area contributed by atoms with Gasteiger partial charge in [-0.05, 0) is 37.1 Å². The van der Waals surface area contributed by atoms with Gasteiger partial charge in [0, 0.05) is 12.1 Å². The highest BCUT2D eigenvalue weighted by Crippen LogP contribution is 2.21. The molecule has 0 amide bonds. The van der Waals surface area contributed by atoms with Crippen LogP contribution in [0.2, 0.25) is 0 Å². The molecule has 2 aromatic carbocycles. The Balaban J connectivity index is 1.56. The molecule has 1 aliphatic carbocycles. The second-order valence-electron chi connectivity index (χ2n) is 8.92. The number of esters is 4. The Bertz CT molecular complexity index is 1110. The lowest BCUT2D eigenvalue weighted by Crippen LogP contribution is -2.55. The standard InChI is InChI=1S/C27H28N2O10/c30-22(38-26(36)16-8-3-1-4-9-16)14-20(24(32)33)28-18-12-7-13-19(18)29-21(25(34)35)15-23(31)39-27(37)17-10-5-2-6-11-17/h1-6,8-11,18-21,28-29H,7,12-15H2,(H,32,33)(H,34,35)/t18?,19?,20-,21-/m0/s1. The van der Waals surface area contributed by atoms with Gasteiger partial charge < -0.3 is 19.7 Å². The van der Waals surface area contributed by atoms with Gasteiger partial charge in [0.15, 0.2) is 0 Å². The number of hydrogen-bond donors (Lipinski definition) is 4. The first-order chi connectivity index (χ1) is 18.6. The quantitative estimate of drug-likeness (QED) is 0.225. The van der Waals surface area contributed by atoms with E-state index in [1.807, 2.05) is 0 Å². The van der Waals surface area contributed by atoms with Crippen LogP contribution in [0.5, 0.6) is 0 Å². The highest BCUT2D eigenvalue weighted by molar-refractivity contribution is 5.98. The largest absolute Gasteiger partial charge is 0.480 e. The molecule has 0 aromatic heterocycles. The van der Waals surface area contributed by atoms with Crippen LogP contribution in [0.25, 0.3) is 0 Å². The fraction of sp³-hybridized carbons (Fsp3) is 0.333. The number of carboxylic acids is 2. The average molecular weight is 541 g/mol. The SMILES string of the molecule is O=C(C[C@H](NC1CCCC1N[C@@H](CC(=O)OC(=O)c1ccccc1)C(=O)O)C(=O)O)OC(=O)c1ccccc1. The molecule has 0 bridgehead atoms. The number of rotatable bonds is 12. The topological polar surface area (TPSA) is 185 Å². The van der Waals surface area contributed by atoms with Crippen molar-refractivity contribution in [2.24, 2.45) is 0 Å². The average Bonchev–Trinajstić information content (AvgIpc) is 3.35. The molecule has 2 unspecified atom stereocenters. The molecular weight excluding hydrogens is 512 g/mol. The number of carbonyl (C=O) groups excluding carboxylic acids is 4. The zero-order chi connectivity index (χ0) is 28.4. The van der Waals surface area contributed by atoms with Crippen molar-refractivity contribution in [2.45, 2.75) is 56.3 Å². The molecule has 4 atom stereocenters. The molecule has 12 nitrogen and oxygen atoms in total. The van der Waals surface area contributed by atoms with Crippen LogP contribution < -0.4 is 10.6 Å². The van der Waals surface area contributed by atoms with Gasteiger partial charge >= 0.3 is 35.8 Å². The molecule has 12 heteroatoms. The third kappa shape index (κ3) is 8.83. The lowest BCUT2D eigenvalue weighted by atomic mass is 10.1. The molecule has 1 aliphatic rings. The Kier molecular flexibility index (Phi) is 10.4. The van der Waals surface area contributed by atoms with Crippen molar-refractivity contribution in [3.8, 4) is 0 Å². The normalized spacial score (nSPS) is 17.9. The highest BCUT2D eigenvalue weighted by Gasteiger charge is 2.36. The van der Waals surface area contributed by atoms with Crippen molar-refractivity contribution < 1.29 is 48.5 Å². The molecule has 0 radical (unpaired) electrons. The Hall–Kier alpha value is -4.42. The van der Waals surface area contributed by atoms with E-state index in [4.69, 9.17) is 9.47 Å². The number of carboxylic acid groups (broad SMARTS) is 2. The van der Waals surface area contributed by atoms with Crippen LogP contribution in [0, 0.1) is 0 Å². The first-order valence-electron chi connectivity index (χ1n) is 12.2. The highest BCUT2D eigenvalue weighted by atomic mass is 16.6. The molecule has 0 heterocycles. The summed E-state index contributed by atoms with van der Waals surface area (Å²) >= 11 is 0. The van der Waals surface area contributed by atoms with E-state index in [1.165, 1.54) is 24.3 Å². The van der Waals surface area contributed by atoms with E-state index in [1.54, 1.807) is 36.4 Å². The maximum absolute atomic E-state index is 12.3. The van der Waals surface area contributed by atoms with Gasteiger partial charge in [0.05, 0.1) is 24.0 Å². The Morgan fingerprint density at radius 1 is 0.667 bits per heavy atom. The van der Waals surface area contributed by atoms with Crippen LogP contribution in [0.3, 0.4) is 0 Å². The van der Waals surface area contributed by atoms with Crippen LogP contribution in [0.4, 0.5) is 0 Å². The minimum absolute atomic E-state index is 0.134. The summed E-state index contributed by atoms with van der Waals surface area (Å²) in [5.41, 5.74) is 0.267. The Labute approximate surface area is 223 Å². The first-order valence-corrected chi connectivity index (χ1v) is 12.2. The Morgan fingerprint density at radius 3 is 1.36 bits per heavy atom. The van der Waals surface area contributed by atoms with Crippen LogP contribution in [0.15, 0.2) is 60.7 Å². The predicted molar refractivity (Wildman–Crippen MR) is 134 cm³/mol. The summed E-state index contributed by atoms with van der Waals surface area (Å²) in [7, 11) is 0. The summed E-state index contributed by atoms with van der Waals surface area (Å²) in [6.07, 6.45) is 0.244. The summed E-state index contributed by atoms with van der Waals surface area (Å²) in [6, 6.07) is 11.5. The number of hydrogen-bond acceptors (Lipinski definition) is 10. The van der Waals surface area contributed by atoms with Crippen LogP contribution in [-0.4, -0.2) is 70.2 Å². The lowest BCUT2D eigenvalue weighted by molar-refractivity contribution is -0.147. The lowest BCUT2D eigenvalue weighted by Gasteiger charge is -2.27. The van der Waals surface area contributed by atoms with Gasteiger partial charge in [0.25, 0.3) is 0 Å². The van der Waals surface area contributed by atoms with Gasteiger partial charge in [-0.25, -0.2) is 9.59 Å². The van der Waals surface area contributed by atoms with Crippen LogP contribution >= 0.6 is 0 Å². The minimum atomic E-state index is -1.41. The van der Waals surface area contributed by atoms with Crippen LogP contribution in [-0.2, 0) is 28.7 Å². The second kappa shape index (κ2) is 13.9. The summed E-state index contributed by atoms with van der Waals surface area (Å²) in [6.45, 7) is 0. The van der Waals surface area contributed by atoms with E-state index < -0.39 is 72.8 Å². The molecule has 4 N–H and O–H groups in total. The molecule has 3 rings (SSSR count). The van der Waals surface area contributed by atoms with E-state index >= 15 is 0 Å². The molecular formula is C27H28N2O10. The van der Waals surface area contributed by atoms with Gasteiger partial charge in [-0.3, -0.25) is 29.8 Å². The van der Waals surface area contributed by atoms with Crippen molar-refractivity contribution in [1.29, 1.82) is 0 Å². The van der Waals surface area contributed by atoms with Gasteiger partial charge in [-0.2, -0.15) is 0 Å². The fourth-order valence-electron chi connectivity index (χ4n) is 4.20. The number of aliphatic carboxylic acids is 2. The van der Waals surface area contributed by atoms with Crippen molar-refractivity contribution in [2.75, 3.05) is 0 Å². The van der Waals surface area contributed by atoms with Crippen molar-refractivity contribution >= 4 is 35.8 Å². The molecule has 0 aliphatic heterocycles. The fourth-order valence-corrected chi connectivity index (χ4v) is 4.20. The molecule has 1 saturated carbocycles. The zero-order valence-electron chi connectivity index (χ0n) is 20.8. The summed E-state index contributed by atoms with van der Waals surface area (Å²) in [4.78, 5) is 72.3. The third-order valence-electron chi connectivity index (χ3n) is 6.12. The minimum Gasteiger partial charge on any atom is -0.480 e. The summed E-state index contributed by atoms with van der Waals surface area (Å²) in [5.74, 6) is -6.62. The van der Waals surface area contributed by atoms with E-state index in [-0.39, 0.29) is 11.1 Å². The van der Waals surface area contributed by atoms with Gasteiger partial charge in [-0.1, -0.05) is 42.8 Å². The maximum Gasteiger partial charge on any atom is 0.345 e. The van der Waals surface area contributed by atoms with Gasteiger partial charge in [-0.15, -0.1) is 0 Å². The molecule has 0 saturated heterocycles. The number of nitrogens with one attached hydrogen (secondary N) is 2. The van der Waals surface area contributed by atoms with E-state index in [2.05, 4.69) is 10.6 Å². The number of ether oxygens (including phenoxy) is 2. The third-order valence-corrected chi connectivity index (χ3v) is 6.12. The van der Waals surface area contributed by atoms with E-state index in [9.17, 15) is 39.0 Å². The predicted octanol–water partition coefficient (Wildman–Crippen LogP) is 1.54. The molecule has 206 valence electrons. The summed E-state index contributed by atoms with van der Waals surface area (Å²) < 4.78 is 9.52. The van der Waals surface area contributed by atoms with Crippen molar-refractivity contribution in [3.05, 3.63) is 71.8 Å². The number of carbonyl (C=O) groups is 6. The Morgan fingerprint density at radius 2 is 1.03 bits per heavy atom.